The SMILES string of the molecule is N#Cc1ccc(CC(CC2CN(c3cccc(Cl)c3)C(=O)CN2)n2ccnc2)cc1. The van der Waals surface area contributed by atoms with Crippen molar-refractivity contribution in [2.75, 3.05) is 18.0 Å². The number of hydrogen-bond donors (Lipinski definition) is 1. The van der Waals surface area contributed by atoms with Crippen LogP contribution < -0.4 is 10.2 Å². The van der Waals surface area contributed by atoms with Crippen molar-refractivity contribution in [1.82, 2.24) is 14.9 Å². The van der Waals surface area contributed by atoms with E-state index in [0.717, 1.165) is 24.1 Å². The Labute approximate surface area is 180 Å². The van der Waals surface area contributed by atoms with Gasteiger partial charge in [0.2, 0.25) is 5.91 Å². The fourth-order valence-electron chi connectivity index (χ4n) is 3.88. The lowest BCUT2D eigenvalue weighted by molar-refractivity contribution is -0.119. The Balaban J connectivity index is 1.51. The van der Waals surface area contributed by atoms with Gasteiger partial charge in [-0.05, 0) is 48.7 Å². The van der Waals surface area contributed by atoms with E-state index in [1.807, 2.05) is 61.1 Å². The number of nitriles is 1. The van der Waals surface area contributed by atoms with E-state index in [0.29, 0.717) is 23.7 Å². The number of amides is 1. The first-order valence-electron chi connectivity index (χ1n) is 9.88. The predicted octanol–water partition coefficient (Wildman–Crippen LogP) is 3.59. The van der Waals surface area contributed by atoms with Crippen LogP contribution in [-0.2, 0) is 11.2 Å². The average molecular weight is 420 g/mol. The first kappa shape index (κ1) is 20.1. The summed E-state index contributed by atoms with van der Waals surface area (Å²) in [7, 11) is 0. The molecule has 0 bridgehead atoms. The topological polar surface area (TPSA) is 74.0 Å². The zero-order valence-electron chi connectivity index (χ0n) is 16.4. The molecule has 2 heterocycles. The van der Waals surface area contributed by atoms with Crippen LogP contribution in [0.1, 0.15) is 23.6 Å². The summed E-state index contributed by atoms with van der Waals surface area (Å²) in [5, 5.41) is 13.0. The molecule has 2 aromatic carbocycles. The molecule has 1 amide bonds. The van der Waals surface area contributed by atoms with Gasteiger partial charge >= 0.3 is 0 Å². The molecule has 0 spiro atoms. The minimum absolute atomic E-state index is 0.0415. The van der Waals surface area contributed by atoms with Crippen molar-refractivity contribution in [3.63, 3.8) is 0 Å². The average Bonchev–Trinajstić information content (AvgIpc) is 3.30. The maximum absolute atomic E-state index is 12.5. The summed E-state index contributed by atoms with van der Waals surface area (Å²) in [6.07, 6.45) is 7.22. The van der Waals surface area contributed by atoms with E-state index in [4.69, 9.17) is 16.9 Å². The summed E-state index contributed by atoms with van der Waals surface area (Å²) < 4.78 is 2.11. The van der Waals surface area contributed by atoms with Crippen LogP contribution in [0.25, 0.3) is 0 Å². The molecule has 0 radical (unpaired) electrons. The second kappa shape index (κ2) is 9.12. The second-order valence-electron chi connectivity index (χ2n) is 7.47. The van der Waals surface area contributed by atoms with Gasteiger partial charge in [-0.1, -0.05) is 29.8 Å². The summed E-state index contributed by atoms with van der Waals surface area (Å²) in [5.41, 5.74) is 2.64. The van der Waals surface area contributed by atoms with E-state index in [9.17, 15) is 4.79 Å². The molecule has 0 aliphatic carbocycles. The number of carbonyl (C=O) groups excluding carboxylic acids is 1. The van der Waals surface area contributed by atoms with Gasteiger partial charge < -0.3 is 14.8 Å². The normalized spacial score (nSPS) is 17.5. The number of aromatic nitrogens is 2. The van der Waals surface area contributed by atoms with Crippen molar-refractivity contribution in [2.45, 2.75) is 24.9 Å². The summed E-state index contributed by atoms with van der Waals surface area (Å²) in [5.74, 6) is 0.0415. The Kier molecular flexibility index (Phi) is 6.12. The lowest BCUT2D eigenvalue weighted by Crippen LogP contribution is -2.54. The van der Waals surface area contributed by atoms with Crippen LogP contribution in [0.2, 0.25) is 5.02 Å². The second-order valence-corrected chi connectivity index (χ2v) is 7.91. The number of piperazine rings is 1. The van der Waals surface area contributed by atoms with Crippen LogP contribution in [0.3, 0.4) is 0 Å². The maximum atomic E-state index is 12.5. The number of hydrogen-bond acceptors (Lipinski definition) is 4. The molecule has 4 rings (SSSR count). The molecule has 7 heteroatoms. The fourth-order valence-corrected chi connectivity index (χ4v) is 4.06. The molecule has 1 aliphatic rings. The van der Waals surface area contributed by atoms with Gasteiger partial charge in [-0.3, -0.25) is 4.79 Å². The Hall–Kier alpha value is -3.14. The Morgan fingerprint density at radius 1 is 1.27 bits per heavy atom. The monoisotopic (exact) mass is 419 g/mol. The van der Waals surface area contributed by atoms with Crippen LogP contribution in [0.15, 0.2) is 67.3 Å². The minimum Gasteiger partial charge on any atom is -0.334 e. The van der Waals surface area contributed by atoms with Gasteiger partial charge in [0.15, 0.2) is 0 Å². The number of rotatable bonds is 6. The molecule has 1 N–H and O–H groups in total. The van der Waals surface area contributed by atoms with Crippen LogP contribution in [0.5, 0.6) is 0 Å². The van der Waals surface area contributed by atoms with Crippen molar-refractivity contribution in [3.8, 4) is 6.07 Å². The van der Waals surface area contributed by atoms with Crippen molar-refractivity contribution in [2.24, 2.45) is 0 Å². The van der Waals surface area contributed by atoms with Gasteiger partial charge in [0.1, 0.15) is 0 Å². The number of carbonyl (C=O) groups is 1. The van der Waals surface area contributed by atoms with Crippen LogP contribution in [-0.4, -0.2) is 34.6 Å². The van der Waals surface area contributed by atoms with Crippen molar-refractivity contribution < 1.29 is 4.79 Å². The van der Waals surface area contributed by atoms with Gasteiger partial charge in [-0.25, -0.2) is 4.98 Å². The molecule has 152 valence electrons. The number of nitrogens with one attached hydrogen (secondary N) is 1. The smallest absolute Gasteiger partial charge is 0.240 e. The largest absolute Gasteiger partial charge is 0.334 e. The maximum Gasteiger partial charge on any atom is 0.240 e. The van der Waals surface area contributed by atoms with E-state index < -0.39 is 0 Å². The highest BCUT2D eigenvalue weighted by molar-refractivity contribution is 6.30. The van der Waals surface area contributed by atoms with E-state index in [-0.39, 0.29) is 18.0 Å². The van der Waals surface area contributed by atoms with Gasteiger partial charge in [0.25, 0.3) is 0 Å². The predicted molar refractivity (Wildman–Crippen MR) is 116 cm³/mol. The van der Waals surface area contributed by atoms with Crippen molar-refractivity contribution >= 4 is 23.2 Å². The summed E-state index contributed by atoms with van der Waals surface area (Å²) >= 11 is 6.13. The lowest BCUT2D eigenvalue weighted by atomic mass is 9.97. The molecule has 2 unspecified atom stereocenters. The van der Waals surface area contributed by atoms with Gasteiger partial charge in [-0.2, -0.15) is 5.26 Å². The molecule has 1 aliphatic heterocycles. The highest BCUT2D eigenvalue weighted by Gasteiger charge is 2.28. The van der Waals surface area contributed by atoms with Crippen molar-refractivity contribution in [3.05, 3.63) is 83.4 Å². The molecule has 0 saturated carbocycles. The van der Waals surface area contributed by atoms with E-state index >= 15 is 0 Å². The Morgan fingerprint density at radius 2 is 2.10 bits per heavy atom. The zero-order valence-corrected chi connectivity index (χ0v) is 17.2. The Morgan fingerprint density at radius 3 is 2.80 bits per heavy atom. The molecular weight excluding hydrogens is 398 g/mol. The van der Waals surface area contributed by atoms with Gasteiger partial charge in [0.05, 0.1) is 24.5 Å². The number of benzene rings is 2. The highest BCUT2D eigenvalue weighted by Crippen LogP contribution is 2.25. The molecule has 1 aromatic heterocycles. The molecule has 6 nitrogen and oxygen atoms in total. The lowest BCUT2D eigenvalue weighted by Gasteiger charge is -2.35. The fraction of sp³-hybridized carbons (Fsp3) is 0.261. The first-order valence-corrected chi connectivity index (χ1v) is 10.3. The summed E-state index contributed by atoms with van der Waals surface area (Å²) in [4.78, 5) is 18.5. The van der Waals surface area contributed by atoms with E-state index in [2.05, 4.69) is 20.9 Å². The Bertz CT molecular complexity index is 1040. The van der Waals surface area contributed by atoms with Gasteiger partial charge in [-0.15, -0.1) is 0 Å². The first-order chi connectivity index (χ1) is 14.6. The molecular formula is C23H22ClN5O. The zero-order chi connectivity index (χ0) is 20.9. The molecule has 1 fully saturated rings. The summed E-state index contributed by atoms with van der Waals surface area (Å²) in [6.45, 7) is 0.877. The third-order valence-corrected chi connectivity index (χ3v) is 5.66. The molecule has 2 atom stereocenters. The van der Waals surface area contributed by atoms with Crippen LogP contribution in [0.4, 0.5) is 5.69 Å². The third kappa shape index (κ3) is 4.70. The van der Waals surface area contributed by atoms with Crippen LogP contribution >= 0.6 is 11.6 Å². The number of halogens is 1. The minimum atomic E-state index is 0.0415. The molecule has 1 saturated heterocycles. The number of anilines is 1. The van der Waals surface area contributed by atoms with Crippen LogP contribution in [0, 0.1) is 11.3 Å². The number of nitrogens with zero attached hydrogens (tertiary/aromatic N) is 4. The third-order valence-electron chi connectivity index (χ3n) is 5.42. The van der Waals surface area contributed by atoms with E-state index in [1.54, 1.807) is 11.1 Å². The standard InChI is InChI=1S/C23H22ClN5O/c24-19-2-1-3-21(11-19)29-15-20(27-14-23(29)30)12-22(28-9-8-26-16-28)10-17-4-6-18(13-25)7-5-17/h1-9,11,16,20,22,27H,10,12,14-15H2. The number of imidazole rings is 1. The quantitative estimate of drug-likeness (QED) is 0.662. The van der Waals surface area contributed by atoms with Crippen molar-refractivity contribution in [1.29, 1.82) is 5.26 Å². The van der Waals surface area contributed by atoms with Gasteiger partial charge in [0, 0.05) is 41.7 Å². The van der Waals surface area contributed by atoms with E-state index in [1.165, 1.54) is 0 Å². The molecule has 3 aromatic rings. The summed E-state index contributed by atoms with van der Waals surface area (Å²) in [6, 6.07) is 17.6. The molecule has 30 heavy (non-hydrogen) atoms. The highest BCUT2D eigenvalue weighted by atomic mass is 35.5.